The van der Waals surface area contributed by atoms with Gasteiger partial charge in [0.05, 0.1) is 5.69 Å². The Morgan fingerprint density at radius 1 is 1.26 bits per heavy atom. The zero-order valence-electron chi connectivity index (χ0n) is 10.3. The first-order chi connectivity index (χ1) is 9.00. The van der Waals surface area contributed by atoms with Gasteiger partial charge in [0.15, 0.2) is 5.69 Å². The summed E-state index contributed by atoms with van der Waals surface area (Å²) in [5.41, 5.74) is -0.133. The van der Waals surface area contributed by atoms with Crippen LogP contribution in [0.3, 0.4) is 0 Å². The summed E-state index contributed by atoms with van der Waals surface area (Å²) in [7, 11) is 0. The van der Waals surface area contributed by atoms with E-state index in [-0.39, 0.29) is 23.8 Å². The third-order valence-corrected chi connectivity index (χ3v) is 2.04. The lowest BCUT2D eigenvalue weighted by molar-refractivity contribution is -0.118. The molecule has 0 aliphatic heterocycles. The lowest BCUT2D eigenvalue weighted by atomic mass is 10.3. The average molecular weight is 266 g/mol. The van der Waals surface area contributed by atoms with Crippen LogP contribution in [0.4, 0.5) is 10.5 Å². The number of nitrogens with zero attached hydrogens (tertiary/aromatic N) is 1. The fourth-order valence-electron chi connectivity index (χ4n) is 1.26. The minimum absolute atomic E-state index is 0.104. The number of carboxylic acids is 1. The Morgan fingerprint density at radius 3 is 2.58 bits per heavy atom. The number of pyridine rings is 1. The molecule has 0 aliphatic carbocycles. The van der Waals surface area contributed by atoms with Gasteiger partial charge in [0, 0.05) is 26.2 Å². The van der Waals surface area contributed by atoms with Gasteiger partial charge in [0.1, 0.15) is 0 Å². The molecule has 1 aromatic heterocycles. The van der Waals surface area contributed by atoms with Crippen LogP contribution in [0.1, 0.15) is 17.4 Å². The molecular formula is C11H14N4O4. The molecule has 0 radical (unpaired) electrons. The number of urea groups is 1. The smallest absolute Gasteiger partial charge is 0.356 e. The van der Waals surface area contributed by atoms with Gasteiger partial charge < -0.3 is 21.1 Å². The van der Waals surface area contributed by atoms with Crippen LogP contribution in [0.5, 0.6) is 0 Å². The highest BCUT2D eigenvalue weighted by atomic mass is 16.4. The Balaban J connectivity index is 2.48. The standard InChI is InChI=1S/C11H14N4O4/c1-7(16)12-5-6-14-11(19)15-8-3-2-4-13-9(8)10(17)18/h2-4H,5-6H2,1H3,(H,12,16)(H,17,18)(H2,14,15,19). The quantitative estimate of drug-likeness (QED) is 0.561. The minimum atomic E-state index is -1.23. The number of rotatable bonds is 5. The number of aromatic nitrogens is 1. The summed E-state index contributed by atoms with van der Waals surface area (Å²) in [5, 5.41) is 16.2. The second-order valence-electron chi connectivity index (χ2n) is 3.57. The fraction of sp³-hybridized carbons (Fsp3) is 0.273. The number of aromatic carboxylic acids is 1. The van der Waals surface area contributed by atoms with E-state index in [9.17, 15) is 14.4 Å². The first-order valence-corrected chi connectivity index (χ1v) is 5.48. The highest BCUT2D eigenvalue weighted by Crippen LogP contribution is 2.11. The second-order valence-corrected chi connectivity index (χ2v) is 3.57. The van der Waals surface area contributed by atoms with Crippen LogP contribution < -0.4 is 16.0 Å². The summed E-state index contributed by atoms with van der Waals surface area (Å²) < 4.78 is 0. The molecule has 0 saturated heterocycles. The molecule has 4 N–H and O–H groups in total. The fourth-order valence-corrected chi connectivity index (χ4v) is 1.26. The predicted octanol–water partition coefficient (Wildman–Crippen LogP) is 0.0374. The van der Waals surface area contributed by atoms with Crippen LogP contribution in [-0.4, -0.2) is 41.1 Å². The van der Waals surface area contributed by atoms with Gasteiger partial charge in [0.25, 0.3) is 0 Å². The highest BCUT2D eigenvalue weighted by Gasteiger charge is 2.12. The minimum Gasteiger partial charge on any atom is -0.476 e. The van der Waals surface area contributed by atoms with Gasteiger partial charge in [-0.05, 0) is 12.1 Å². The molecule has 0 atom stereocenters. The number of carbonyl (C=O) groups is 3. The predicted molar refractivity (Wildman–Crippen MR) is 66.9 cm³/mol. The maximum atomic E-state index is 11.5. The molecular weight excluding hydrogens is 252 g/mol. The molecule has 8 nitrogen and oxygen atoms in total. The van der Waals surface area contributed by atoms with E-state index < -0.39 is 12.0 Å². The maximum Gasteiger partial charge on any atom is 0.356 e. The molecule has 1 heterocycles. The van der Waals surface area contributed by atoms with Gasteiger partial charge in [0.2, 0.25) is 5.91 Å². The molecule has 19 heavy (non-hydrogen) atoms. The molecule has 0 aromatic carbocycles. The van der Waals surface area contributed by atoms with Crippen LogP contribution in [0.2, 0.25) is 0 Å². The summed E-state index contributed by atoms with van der Waals surface area (Å²) in [6.45, 7) is 1.89. The van der Waals surface area contributed by atoms with Crippen LogP contribution in [-0.2, 0) is 4.79 Å². The van der Waals surface area contributed by atoms with Crippen LogP contribution in [0.15, 0.2) is 18.3 Å². The SMILES string of the molecule is CC(=O)NCCNC(=O)Nc1cccnc1C(=O)O. The molecule has 0 aliphatic rings. The van der Waals surface area contributed by atoms with Gasteiger partial charge in [-0.15, -0.1) is 0 Å². The van der Waals surface area contributed by atoms with E-state index in [4.69, 9.17) is 5.11 Å². The molecule has 102 valence electrons. The molecule has 1 rings (SSSR count). The van der Waals surface area contributed by atoms with Gasteiger partial charge >= 0.3 is 12.0 Å². The van der Waals surface area contributed by atoms with E-state index >= 15 is 0 Å². The lowest BCUT2D eigenvalue weighted by Crippen LogP contribution is -2.36. The van der Waals surface area contributed by atoms with E-state index in [0.717, 1.165) is 0 Å². The van der Waals surface area contributed by atoms with E-state index in [2.05, 4.69) is 20.9 Å². The number of carbonyl (C=O) groups excluding carboxylic acids is 2. The number of anilines is 1. The lowest BCUT2D eigenvalue weighted by Gasteiger charge is -2.09. The number of hydrogen-bond acceptors (Lipinski definition) is 4. The Labute approximate surface area is 109 Å². The van der Waals surface area contributed by atoms with E-state index in [0.29, 0.717) is 6.54 Å². The van der Waals surface area contributed by atoms with Gasteiger partial charge in [-0.25, -0.2) is 14.6 Å². The number of carboxylic acid groups (broad SMARTS) is 1. The highest BCUT2D eigenvalue weighted by molar-refractivity contribution is 5.98. The van der Waals surface area contributed by atoms with Crippen molar-refractivity contribution in [2.24, 2.45) is 0 Å². The Kier molecular flexibility index (Phi) is 5.27. The van der Waals surface area contributed by atoms with Crippen molar-refractivity contribution in [2.75, 3.05) is 18.4 Å². The third kappa shape index (κ3) is 5.02. The molecule has 0 fully saturated rings. The summed E-state index contributed by atoms with van der Waals surface area (Å²) in [6, 6.07) is 2.38. The number of hydrogen-bond donors (Lipinski definition) is 4. The van der Waals surface area contributed by atoms with E-state index in [1.807, 2.05) is 0 Å². The van der Waals surface area contributed by atoms with Crippen molar-refractivity contribution in [3.8, 4) is 0 Å². The monoisotopic (exact) mass is 266 g/mol. The van der Waals surface area contributed by atoms with Crippen molar-refractivity contribution in [1.29, 1.82) is 0 Å². The molecule has 0 spiro atoms. The van der Waals surface area contributed by atoms with E-state index in [1.54, 1.807) is 0 Å². The summed E-state index contributed by atoms with van der Waals surface area (Å²) in [6.07, 6.45) is 1.32. The van der Waals surface area contributed by atoms with Crippen molar-refractivity contribution >= 4 is 23.6 Å². The van der Waals surface area contributed by atoms with Crippen molar-refractivity contribution < 1.29 is 19.5 Å². The summed E-state index contributed by atoms with van der Waals surface area (Å²) in [5.74, 6) is -1.42. The summed E-state index contributed by atoms with van der Waals surface area (Å²) >= 11 is 0. The second kappa shape index (κ2) is 6.94. The molecule has 1 aromatic rings. The zero-order valence-corrected chi connectivity index (χ0v) is 10.3. The zero-order chi connectivity index (χ0) is 14.3. The molecule has 8 heteroatoms. The molecule has 0 saturated carbocycles. The van der Waals surface area contributed by atoms with Crippen molar-refractivity contribution in [3.63, 3.8) is 0 Å². The van der Waals surface area contributed by atoms with Crippen molar-refractivity contribution in [1.82, 2.24) is 15.6 Å². The van der Waals surface area contributed by atoms with Crippen molar-refractivity contribution in [2.45, 2.75) is 6.92 Å². The van der Waals surface area contributed by atoms with E-state index in [1.165, 1.54) is 25.3 Å². The maximum absolute atomic E-state index is 11.5. The molecule has 3 amide bonds. The molecule has 0 bridgehead atoms. The Bertz CT molecular complexity index is 489. The summed E-state index contributed by atoms with van der Waals surface area (Å²) in [4.78, 5) is 36.6. The Morgan fingerprint density at radius 2 is 1.95 bits per heavy atom. The van der Waals surface area contributed by atoms with Gasteiger partial charge in [-0.2, -0.15) is 0 Å². The topological polar surface area (TPSA) is 120 Å². The van der Waals surface area contributed by atoms with Gasteiger partial charge in [-0.1, -0.05) is 0 Å². The number of amides is 3. The van der Waals surface area contributed by atoms with Gasteiger partial charge in [-0.3, -0.25) is 4.79 Å². The van der Waals surface area contributed by atoms with Crippen LogP contribution in [0, 0.1) is 0 Å². The number of nitrogens with one attached hydrogen (secondary N) is 3. The Hall–Kier alpha value is -2.64. The third-order valence-electron chi connectivity index (χ3n) is 2.04. The first kappa shape index (κ1) is 14.4. The van der Waals surface area contributed by atoms with Crippen molar-refractivity contribution in [3.05, 3.63) is 24.0 Å². The first-order valence-electron chi connectivity index (χ1n) is 5.48. The largest absolute Gasteiger partial charge is 0.476 e. The molecule has 0 unspecified atom stereocenters. The van der Waals surface area contributed by atoms with Crippen LogP contribution in [0.25, 0.3) is 0 Å². The van der Waals surface area contributed by atoms with Crippen LogP contribution >= 0.6 is 0 Å². The average Bonchev–Trinajstić information content (AvgIpc) is 2.35. The normalized spacial score (nSPS) is 9.53.